The average molecular weight is 792 g/mol. The monoisotopic (exact) mass is 791 g/mol. The van der Waals surface area contributed by atoms with Crippen LogP contribution in [0.1, 0.15) is 97.1 Å². The summed E-state index contributed by atoms with van der Waals surface area (Å²) < 4.78 is 5.65. The molecule has 0 unspecified atom stereocenters. The maximum atomic E-state index is 13.9. The van der Waals surface area contributed by atoms with Gasteiger partial charge in [0.05, 0.1) is 6.04 Å². The number of nitrogens with one attached hydrogen (secondary N) is 5. The first-order valence-corrected chi connectivity index (χ1v) is 20.0. The first kappa shape index (κ1) is 46.0. The number of phenols is 2. The molecule has 5 amide bonds. The first-order chi connectivity index (χ1) is 27.2. The molecule has 0 bridgehead atoms. The lowest BCUT2D eigenvalue weighted by molar-refractivity contribution is -0.150. The molecular formula is C43H61N5O9. The Hall–Kier alpha value is -5.40. The Bertz CT molecular complexity index is 1660. The molecule has 57 heavy (non-hydrogen) atoms. The second kappa shape index (κ2) is 23.6. The van der Waals surface area contributed by atoms with Crippen molar-refractivity contribution in [1.29, 1.82) is 0 Å². The van der Waals surface area contributed by atoms with Crippen molar-refractivity contribution in [3.63, 3.8) is 0 Å². The van der Waals surface area contributed by atoms with Crippen molar-refractivity contribution in [3.8, 4) is 11.5 Å². The minimum atomic E-state index is -1.14. The summed E-state index contributed by atoms with van der Waals surface area (Å²) in [7, 11) is 0. The van der Waals surface area contributed by atoms with Gasteiger partial charge in [0.1, 0.15) is 42.3 Å². The molecule has 1 aliphatic heterocycles. The number of aromatic hydroxyl groups is 2. The topological polar surface area (TPSA) is 212 Å². The normalized spacial score (nSPS) is 19.1. The molecule has 1 fully saturated rings. The second-order valence-electron chi connectivity index (χ2n) is 15.3. The van der Waals surface area contributed by atoms with Gasteiger partial charge >= 0.3 is 5.97 Å². The van der Waals surface area contributed by atoms with Crippen molar-refractivity contribution in [3.05, 3.63) is 71.8 Å². The van der Waals surface area contributed by atoms with E-state index in [0.717, 1.165) is 32.1 Å². The predicted octanol–water partition coefficient (Wildman–Crippen LogP) is 3.87. The number of carbonyl (C=O) groups excluding carboxylic acids is 6. The van der Waals surface area contributed by atoms with Gasteiger partial charge in [0.15, 0.2) is 0 Å². The van der Waals surface area contributed by atoms with E-state index in [1.54, 1.807) is 58.0 Å². The molecule has 14 nitrogen and oxygen atoms in total. The summed E-state index contributed by atoms with van der Waals surface area (Å²) in [6.07, 6.45) is 9.22. The fourth-order valence-corrected chi connectivity index (χ4v) is 6.30. The van der Waals surface area contributed by atoms with Crippen LogP contribution in [-0.4, -0.2) is 82.5 Å². The lowest BCUT2D eigenvalue weighted by Gasteiger charge is -2.29. The van der Waals surface area contributed by atoms with E-state index in [9.17, 15) is 39.0 Å². The average Bonchev–Trinajstić information content (AvgIpc) is 3.16. The number of phenolic OH excluding ortho intramolecular Hbond substituents is 2. The van der Waals surface area contributed by atoms with Gasteiger partial charge in [0, 0.05) is 25.7 Å². The van der Waals surface area contributed by atoms with Crippen LogP contribution >= 0.6 is 0 Å². The fraction of sp³-hybridized carbons (Fsp3) is 0.535. The highest BCUT2D eigenvalue weighted by Crippen LogP contribution is 2.16. The van der Waals surface area contributed by atoms with Crippen LogP contribution in [0, 0.1) is 11.8 Å². The van der Waals surface area contributed by atoms with Gasteiger partial charge in [-0.05, 0) is 66.5 Å². The number of rotatable bonds is 18. The maximum absolute atomic E-state index is 13.9. The van der Waals surface area contributed by atoms with Crippen LogP contribution in [-0.2, 0) is 46.3 Å². The van der Waals surface area contributed by atoms with Crippen LogP contribution in [0.4, 0.5) is 0 Å². The Morgan fingerprint density at radius 2 is 1.49 bits per heavy atom. The van der Waals surface area contributed by atoms with Gasteiger partial charge in [-0.1, -0.05) is 90.3 Å². The second-order valence-corrected chi connectivity index (χ2v) is 15.3. The van der Waals surface area contributed by atoms with Crippen LogP contribution in [0.5, 0.6) is 11.5 Å². The molecule has 0 aromatic heterocycles. The van der Waals surface area contributed by atoms with E-state index in [1.165, 1.54) is 24.3 Å². The lowest BCUT2D eigenvalue weighted by atomic mass is 9.99. The van der Waals surface area contributed by atoms with Crippen LogP contribution < -0.4 is 26.6 Å². The quantitative estimate of drug-likeness (QED) is 0.0663. The van der Waals surface area contributed by atoms with Crippen molar-refractivity contribution in [2.75, 3.05) is 6.61 Å². The Kier molecular flexibility index (Phi) is 19.1. The molecule has 2 aromatic carbocycles. The Balaban J connectivity index is 1.77. The Morgan fingerprint density at radius 1 is 0.842 bits per heavy atom. The van der Waals surface area contributed by atoms with Gasteiger partial charge in [-0.2, -0.15) is 0 Å². The molecule has 2 aromatic rings. The molecule has 0 spiro atoms. The molecule has 0 radical (unpaired) electrons. The number of allylic oxidation sites excluding steroid dienone is 1. The van der Waals surface area contributed by atoms with Gasteiger partial charge < -0.3 is 41.5 Å². The predicted molar refractivity (Wildman–Crippen MR) is 216 cm³/mol. The molecule has 0 aliphatic carbocycles. The van der Waals surface area contributed by atoms with E-state index < -0.39 is 65.7 Å². The standard InChI is InChI=1S/C43H61N5O9/c1-6-7-8-9-10-11-12-13-36(51)45-34(24-29-14-19-32(49)20-15-29)40(53)48-39(28(4)5)41(54)44-31-18-23-37(52)47-38(27(2)3)42(55)46-35(43(56)57-26-31)25-30-16-21-33(50)22-17-30/h11-12,14-17,19-22,27-28,31,34-35,38-39,49-50H,6-10,13,18,23-26H2,1-5H3,(H,44,54)(H,45,51)(H,46,55)(H,47,52)(H,48,53)/b12-11-/t31-,34+,35+,38+,39+/m1/s1. The summed E-state index contributed by atoms with van der Waals surface area (Å²) in [5.41, 5.74) is 1.32. The number of ether oxygens (including phenoxy) is 1. The number of benzene rings is 2. The SMILES string of the molecule is CCCCCC/C=C\CC(=O)N[C@@H](Cc1ccc(O)cc1)C(=O)N[C@H](C(=O)N[C@@H]1CCC(=O)N[C@@H](C(C)C)C(=O)N[C@@H](Cc2ccc(O)cc2)C(=O)OC1)C(C)C. The highest BCUT2D eigenvalue weighted by molar-refractivity contribution is 5.93. The summed E-state index contributed by atoms with van der Waals surface area (Å²) in [4.78, 5) is 80.6. The number of hydrogen-bond acceptors (Lipinski definition) is 9. The molecule has 7 N–H and O–H groups in total. The van der Waals surface area contributed by atoms with Crippen molar-refractivity contribution in [1.82, 2.24) is 26.6 Å². The van der Waals surface area contributed by atoms with Crippen molar-refractivity contribution >= 4 is 35.5 Å². The number of hydrogen-bond donors (Lipinski definition) is 7. The summed E-state index contributed by atoms with van der Waals surface area (Å²) in [5.74, 6) is -3.91. The minimum absolute atomic E-state index is 0.0370. The number of unbranched alkanes of at least 4 members (excludes halogenated alkanes) is 4. The van der Waals surface area contributed by atoms with Crippen molar-refractivity contribution in [2.45, 2.75) is 129 Å². The highest BCUT2D eigenvalue weighted by atomic mass is 16.5. The Morgan fingerprint density at radius 3 is 2.11 bits per heavy atom. The van der Waals surface area contributed by atoms with Gasteiger partial charge in [-0.15, -0.1) is 0 Å². The van der Waals surface area contributed by atoms with E-state index >= 15 is 0 Å². The molecule has 0 saturated carbocycles. The van der Waals surface area contributed by atoms with Crippen LogP contribution in [0.3, 0.4) is 0 Å². The first-order valence-electron chi connectivity index (χ1n) is 20.0. The third kappa shape index (κ3) is 16.3. The number of cyclic esters (lactones) is 1. The molecule has 3 rings (SSSR count). The zero-order valence-corrected chi connectivity index (χ0v) is 33.8. The fourth-order valence-electron chi connectivity index (χ4n) is 6.30. The molecule has 1 heterocycles. The largest absolute Gasteiger partial charge is 0.508 e. The summed E-state index contributed by atoms with van der Waals surface area (Å²) in [6, 6.07) is 7.38. The van der Waals surface area contributed by atoms with Gasteiger partial charge in [0.2, 0.25) is 29.5 Å². The van der Waals surface area contributed by atoms with E-state index in [-0.39, 0.29) is 62.0 Å². The molecule has 1 saturated heterocycles. The smallest absolute Gasteiger partial charge is 0.329 e. The summed E-state index contributed by atoms with van der Waals surface area (Å²) in [6.45, 7) is 8.85. The van der Waals surface area contributed by atoms with E-state index in [2.05, 4.69) is 33.5 Å². The zero-order chi connectivity index (χ0) is 41.9. The molecule has 5 atom stereocenters. The highest BCUT2D eigenvalue weighted by Gasteiger charge is 2.33. The van der Waals surface area contributed by atoms with Crippen LogP contribution in [0.15, 0.2) is 60.7 Å². The van der Waals surface area contributed by atoms with E-state index in [4.69, 9.17) is 4.74 Å². The van der Waals surface area contributed by atoms with Crippen LogP contribution in [0.25, 0.3) is 0 Å². The van der Waals surface area contributed by atoms with Crippen molar-refractivity contribution < 1.29 is 43.7 Å². The van der Waals surface area contributed by atoms with Gasteiger partial charge in [-0.3, -0.25) is 24.0 Å². The maximum Gasteiger partial charge on any atom is 0.329 e. The third-order valence-corrected chi connectivity index (χ3v) is 9.70. The molecular weight excluding hydrogens is 730 g/mol. The number of carbonyl (C=O) groups is 6. The summed E-state index contributed by atoms with van der Waals surface area (Å²) in [5, 5.41) is 33.4. The van der Waals surface area contributed by atoms with Gasteiger partial charge in [0.25, 0.3) is 0 Å². The number of esters is 1. The minimum Gasteiger partial charge on any atom is -0.508 e. The lowest BCUT2D eigenvalue weighted by Crippen LogP contribution is -2.58. The number of amides is 5. The van der Waals surface area contributed by atoms with E-state index in [0.29, 0.717) is 11.1 Å². The molecule has 312 valence electrons. The third-order valence-electron chi connectivity index (χ3n) is 9.70. The summed E-state index contributed by atoms with van der Waals surface area (Å²) >= 11 is 0. The Labute approximate surface area is 336 Å². The van der Waals surface area contributed by atoms with Crippen molar-refractivity contribution in [2.24, 2.45) is 11.8 Å². The molecule has 1 aliphatic rings. The zero-order valence-electron chi connectivity index (χ0n) is 33.8. The van der Waals surface area contributed by atoms with Crippen LogP contribution in [0.2, 0.25) is 0 Å². The van der Waals surface area contributed by atoms with Gasteiger partial charge in [-0.25, -0.2) is 4.79 Å². The van der Waals surface area contributed by atoms with E-state index in [1.807, 2.05) is 6.08 Å². The molecule has 14 heteroatoms.